The molecule has 1 atom stereocenters. The minimum atomic E-state index is -0.120. The predicted octanol–water partition coefficient (Wildman–Crippen LogP) is -0.927. The van der Waals surface area contributed by atoms with Gasteiger partial charge in [-0.1, -0.05) is 0 Å². The number of nitrogens with zero attached hydrogens (tertiary/aromatic N) is 2. The lowest BCUT2D eigenvalue weighted by atomic mass is 10.1. The second-order valence-electron chi connectivity index (χ2n) is 4.20. The Kier molecular flexibility index (Phi) is 3.19. The normalized spacial score (nSPS) is 26.1. The Morgan fingerprint density at radius 1 is 1.50 bits per heavy atom. The van der Waals surface area contributed by atoms with Gasteiger partial charge < -0.3 is 10.2 Å². The maximum atomic E-state index is 12.0. The second-order valence-corrected chi connectivity index (χ2v) is 4.20. The van der Waals surface area contributed by atoms with E-state index in [4.69, 9.17) is 0 Å². The highest BCUT2D eigenvalue weighted by Gasteiger charge is 2.26. The molecule has 0 aromatic heterocycles. The van der Waals surface area contributed by atoms with Crippen LogP contribution in [0.2, 0.25) is 0 Å². The standard InChI is InChI=1S/C10H16N4O2/c1-7-6-14(5-4-11-7)10(16)8-2-3-9(15)13-12-8/h7,11H,2-6H2,1H3,(H,13,15)/t7-/m0/s1. The van der Waals surface area contributed by atoms with Crippen molar-refractivity contribution in [2.75, 3.05) is 19.6 Å². The molecule has 6 heteroatoms. The Hall–Kier alpha value is -1.43. The summed E-state index contributed by atoms with van der Waals surface area (Å²) in [7, 11) is 0. The van der Waals surface area contributed by atoms with Crippen LogP contribution in [0, 0.1) is 0 Å². The average Bonchev–Trinajstić information content (AvgIpc) is 2.29. The second kappa shape index (κ2) is 4.61. The van der Waals surface area contributed by atoms with Crippen molar-refractivity contribution in [3.8, 4) is 0 Å². The summed E-state index contributed by atoms with van der Waals surface area (Å²) in [4.78, 5) is 24.7. The third-order valence-corrected chi connectivity index (χ3v) is 2.81. The number of carbonyl (C=O) groups is 2. The lowest BCUT2D eigenvalue weighted by Gasteiger charge is -2.32. The van der Waals surface area contributed by atoms with E-state index in [9.17, 15) is 9.59 Å². The highest BCUT2D eigenvalue weighted by Crippen LogP contribution is 2.06. The molecule has 16 heavy (non-hydrogen) atoms. The van der Waals surface area contributed by atoms with Gasteiger partial charge in [0.25, 0.3) is 5.91 Å². The van der Waals surface area contributed by atoms with Crippen LogP contribution in [0.4, 0.5) is 0 Å². The van der Waals surface area contributed by atoms with Crippen molar-refractivity contribution < 1.29 is 9.59 Å². The van der Waals surface area contributed by atoms with Crippen LogP contribution in [0.5, 0.6) is 0 Å². The number of amides is 2. The molecule has 1 fully saturated rings. The lowest BCUT2D eigenvalue weighted by Crippen LogP contribution is -2.53. The Bertz CT molecular complexity index is 340. The molecule has 2 heterocycles. The molecule has 0 spiro atoms. The van der Waals surface area contributed by atoms with Crippen LogP contribution in [0.1, 0.15) is 19.8 Å². The summed E-state index contributed by atoms with van der Waals surface area (Å²) in [6, 6.07) is 0.316. The predicted molar refractivity (Wildman–Crippen MR) is 58.9 cm³/mol. The number of rotatable bonds is 1. The quantitative estimate of drug-likeness (QED) is 0.604. The number of hydrogen-bond acceptors (Lipinski definition) is 4. The summed E-state index contributed by atoms with van der Waals surface area (Å²) in [5.74, 6) is -0.168. The maximum absolute atomic E-state index is 12.0. The Morgan fingerprint density at radius 3 is 2.94 bits per heavy atom. The molecule has 0 unspecified atom stereocenters. The van der Waals surface area contributed by atoms with E-state index in [1.54, 1.807) is 4.90 Å². The maximum Gasteiger partial charge on any atom is 0.270 e. The van der Waals surface area contributed by atoms with Gasteiger partial charge >= 0.3 is 0 Å². The van der Waals surface area contributed by atoms with Gasteiger partial charge in [0, 0.05) is 38.5 Å². The van der Waals surface area contributed by atoms with Crippen LogP contribution < -0.4 is 10.7 Å². The summed E-state index contributed by atoms with van der Waals surface area (Å²) in [5, 5.41) is 7.09. The molecule has 0 aromatic rings. The molecule has 6 nitrogen and oxygen atoms in total. The topological polar surface area (TPSA) is 73.8 Å². The molecule has 2 amide bonds. The number of hydrogen-bond donors (Lipinski definition) is 2. The van der Waals surface area contributed by atoms with Crippen LogP contribution in [-0.2, 0) is 9.59 Å². The summed E-state index contributed by atoms with van der Waals surface area (Å²) in [5.41, 5.74) is 2.82. The zero-order valence-corrected chi connectivity index (χ0v) is 9.32. The molecule has 0 aliphatic carbocycles. The van der Waals surface area contributed by atoms with Gasteiger partial charge in [-0.2, -0.15) is 5.10 Å². The summed E-state index contributed by atoms with van der Waals surface area (Å²) < 4.78 is 0. The van der Waals surface area contributed by atoms with E-state index in [2.05, 4.69) is 15.8 Å². The van der Waals surface area contributed by atoms with Crippen molar-refractivity contribution in [3.05, 3.63) is 0 Å². The average molecular weight is 224 g/mol. The summed E-state index contributed by atoms with van der Waals surface area (Å²) in [6.45, 7) is 4.26. The third kappa shape index (κ3) is 2.38. The fourth-order valence-corrected chi connectivity index (χ4v) is 1.93. The molecule has 2 N–H and O–H groups in total. The number of piperazine rings is 1. The van der Waals surface area contributed by atoms with E-state index in [1.807, 2.05) is 6.92 Å². The lowest BCUT2D eigenvalue weighted by molar-refractivity contribution is -0.125. The van der Waals surface area contributed by atoms with E-state index in [1.165, 1.54) is 0 Å². The monoisotopic (exact) mass is 224 g/mol. The van der Waals surface area contributed by atoms with E-state index < -0.39 is 0 Å². The smallest absolute Gasteiger partial charge is 0.270 e. The molecule has 0 bridgehead atoms. The van der Waals surface area contributed by atoms with Crippen LogP contribution >= 0.6 is 0 Å². The van der Waals surface area contributed by atoms with Crippen molar-refractivity contribution in [2.24, 2.45) is 5.10 Å². The van der Waals surface area contributed by atoms with Gasteiger partial charge in [0.1, 0.15) is 5.71 Å². The Balaban J connectivity index is 1.99. The van der Waals surface area contributed by atoms with E-state index in [0.29, 0.717) is 37.7 Å². The number of nitrogens with one attached hydrogen (secondary N) is 2. The highest BCUT2D eigenvalue weighted by molar-refractivity contribution is 6.39. The molecule has 88 valence electrons. The first-order valence-electron chi connectivity index (χ1n) is 5.55. The minimum Gasteiger partial charge on any atom is -0.335 e. The van der Waals surface area contributed by atoms with E-state index in [-0.39, 0.29) is 11.8 Å². The van der Waals surface area contributed by atoms with Crippen LogP contribution in [0.25, 0.3) is 0 Å². The Labute approximate surface area is 94.1 Å². The molecule has 2 aliphatic heterocycles. The zero-order chi connectivity index (χ0) is 11.5. The van der Waals surface area contributed by atoms with E-state index >= 15 is 0 Å². The first kappa shape index (κ1) is 11.1. The highest BCUT2D eigenvalue weighted by atomic mass is 16.2. The number of hydrazone groups is 1. The van der Waals surface area contributed by atoms with Crippen molar-refractivity contribution in [1.82, 2.24) is 15.6 Å². The SMILES string of the molecule is C[C@H]1CN(C(=O)C2=NNC(=O)CC2)CCN1. The number of carbonyl (C=O) groups excluding carboxylic acids is 2. The van der Waals surface area contributed by atoms with Gasteiger partial charge in [-0.05, 0) is 6.92 Å². The largest absolute Gasteiger partial charge is 0.335 e. The van der Waals surface area contributed by atoms with Gasteiger partial charge in [0.2, 0.25) is 5.91 Å². The molecule has 0 aromatic carbocycles. The summed E-state index contributed by atoms with van der Waals surface area (Å²) >= 11 is 0. The molecule has 2 rings (SSSR count). The Morgan fingerprint density at radius 2 is 2.31 bits per heavy atom. The van der Waals surface area contributed by atoms with Crippen molar-refractivity contribution in [3.63, 3.8) is 0 Å². The van der Waals surface area contributed by atoms with Crippen LogP contribution in [0.15, 0.2) is 5.10 Å². The zero-order valence-electron chi connectivity index (χ0n) is 9.32. The molecule has 2 aliphatic rings. The van der Waals surface area contributed by atoms with Gasteiger partial charge in [0.15, 0.2) is 0 Å². The fraction of sp³-hybridized carbons (Fsp3) is 0.700. The van der Waals surface area contributed by atoms with Crippen molar-refractivity contribution >= 4 is 17.5 Å². The van der Waals surface area contributed by atoms with Crippen molar-refractivity contribution in [1.29, 1.82) is 0 Å². The van der Waals surface area contributed by atoms with Gasteiger partial charge in [-0.3, -0.25) is 9.59 Å². The first-order chi connectivity index (χ1) is 7.66. The van der Waals surface area contributed by atoms with Crippen molar-refractivity contribution in [2.45, 2.75) is 25.8 Å². The molecule has 1 saturated heterocycles. The van der Waals surface area contributed by atoms with Crippen LogP contribution in [0.3, 0.4) is 0 Å². The van der Waals surface area contributed by atoms with Gasteiger partial charge in [-0.25, -0.2) is 5.43 Å². The molecule has 0 radical (unpaired) electrons. The molecular weight excluding hydrogens is 208 g/mol. The van der Waals surface area contributed by atoms with Gasteiger partial charge in [-0.15, -0.1) is 0 Å². The van der Waals surface area contributed by atoms with E-state index in [0.717, 1.165) is 6.54 Å². The first-order valence-corrected chi connectivity index (χ1v) is 5.55. The molecular formula is C10H16N4O2. The van der Waals surface area contributed by atoms with Gasteiger partial charge in [0.05, 0.1) is 0 Å². The third-order valence-electron chi connectivity index (χ3n) is 2.81. The summed E-state index contributed by atoms with van der Waals surface area (Å²) in [6.07, 6.45) is 0.801. The fourth-order valence-electron chi connectivity index (χ4n) is 1.93. The molecule has 0 saturated carbocycles. The van der Waals surface area contributed by atoms with Crippen LogP contribution in [-0.4, -0.2) is 48.1 Å². The minimum absolute atomic E-state index is 0.0478.